The minimum Gasteiger partial charge on any atom is -0.492 e. The molecular weight excluding hydrogens is 182 g/mol. The number of hydrogen-bond acceptors (Lipinski definition) is 3. The zero-order valence-corrected chi connectivity index (χ0v) is 8.51. The molecule has 2 nitrogen and oxygen atoms in total. The molecule has 1 aromatic heterocycles. The monoisotopic (exact) mass is 195 g/mol. The Morgan fingerprint density at radius 3 is 2.92 bits per heavy atom. The number of rotatable bonds is 4. The highest BCUT2D eigenvalue weighted by Crippen LogP contribution is 2.29. The molecule has 70 valence electrons. The van der Waals surface area contributed by atoms with E-state index in [1.54, 1.807) is 18.0 Å². The van der Waals surface area contributed by atoms with Crippen molar-refractivity contribution in [3.63, 3.8) is 0 Å². The van der Waals surface area contributed by atoms with Gasteiger partial charge in [0.15, 0.2) is 0 Å². The lowest BCUT2D eigenvalue weighted by atomic mass is 10.4. The van der Waals surface area contributed by atoms with Crippen LogP contribution in [0.5, 0.6) is 5.75 Å². The van der Waals surface area contributed by atoms with Crippen molar-refractivity contribution in [2.45, 2.75) is 17.9 Å². The molecule has 0 unspecified atom stereocenters. The van der Waals surface area contributed by atoms with Gasteiger partial charge in [-0.05, 0) is 37.1 Å². The van der Waals surface area contributed by atoms with Crippen molar-refractivity contribution in [1.82, 2.24) is 4.98 Å². The fraction of sp³-hybridized carbons (Fsp3) is 0.500. The van der Waals surface area contributed by atoms with Gasteiger partial charge >= 0.3 is 0 Å². The number of hydrogen-bond donors (Lipinski definition) is 0. The van der Waals surface area contributed by atoms with Crippen molar-refractivity contribution in [3.8, 4) is 5.75 Å². The topological polar surface area (TPSA) is 22.1 Å². The van der Waals surface area contributed by atoms with Crippen LogP contribution in [-0.4, -0.2) is 17.8 Å². The largest absolute Gasteiger partial charge is 0.492 e. The van der Waals surface area contributed by atoms with Crippen LogP contribution in [0.2, 0.25) is 0 Å². The summed E-state index contributed by atoms with van der Waals surface area (Å²) in [6, 6.07) is 3.98. The van der Waals surface area contributed by atoms with Gasteiger partial charge < -0.3 is 4.74 Å². The molecule has 0 N–H and O–H groups in total. The Labute approximate surface area is 82.7 Å². The molecule has 0 aromatic carbocycles. The summed E-state index contributed by atoms with van der Waals surface area (Å²) in [6.07, 6.45) is 6.48. The van der Waals surface area contributed by atoms with Crippen molar-refractivity contribution >= 4 is 11.8 Å². The van der Waals surface area contributed by atoms with E-state index >= 15 is 0 Å². The standard InChI is InChI=1S/C10H13NOS/c1-13-10-5-4-9(6-11-10)12-7-8-2-3-8/h4-6,8H,2-3,7H2,1H3. The number of pyridine rings is 1. The average Bonchev–Trinajstić information content (AvgIpc) is 2.99. The van der Waals surface area contributed by atoms with E-state index in [0.717, 1.165) is 23.3 Å². The first-order chi connectivity index (χ1) is 6.38. The van der Waals surface area contributed by atoms with Crippen LogP contribution in [0.3, 0.4) is 0 Å². The smallest absolute Gasteiger partial charge is 0.137 e. The van der Waals surface area contributed by atoms with Gasteiger partial charge in [0, 0.05) is 0 Å². The molecule has 0 bridgehead atoms. The maximum Gasteiger partial charge on any atom is 0.137 e. The molecular formula is C10H13NOS. The van der Waals surface area contributed by atoms with Gasteiger partial charge in [-0.25, -0.2) is 4.98 Å². The summed E-state index contributed by atoms with van der Waals surface area (Å²) in [5.74, 6) is 1.70. The molecule has 3 heteroatoms. The van der Waals surface area contributed by atoms with Gasteiger partial charge in [0.05, 0.1) is 17.8 Å². The molecule has 13 heavy (non-hydrogen) atoms. The van der Waals surface area contributed by atoms with E-state index in [4.69, 9.17) is 4.74 Å². The highest BCUT2D eigenvalue weighted by Gasteiger charge is 2.21. The van der Waals surface area contributed by atoms with Gasteiger partial charge in [0.25, 0.3) is 0 Å². The van der Waals surface area contributed by atoms with Crippen molar-refractivity contribution in [2.24, 2.45) is 5.92 Å². The highest BCUT2D eigenvalue weighted by atomic mass is 32.2. The number of aromatic nitrogens is 1. The molecule has 1 fully saturated rings. The summed E-state index contributed by atoms with van der Waals surface area (Å²) in [5, 5.41) is 1.04. The molecule has 0 amide bonds. The minimum atomic E-state index is 0.806. The van der Waals surface area contributed by atoms with Crippen molar-refractivity contribution in [1.29, 1.82) is 0 Å². The first kappa shape index (κ1) is 8.88. The molecule has 1 heterocycles. The van der Waals surface area contributed by atoms with E-state index in [2.05, 4.69) is 4.98 Å². The Hall–Kier alpha value is -0.700. The van der Waals surface area contributed by atoms with Crippen LogP contribution >= 0.6 is 11.8 Å². The Balaban J connectivity index is 1.88. The lowest BCUT2D eigenvalue weighted by Crippen LogP contribution is -1.98. The number of ether oxygens (including phenoxy) is 1. The van der Waals surface area contributed by atoms with E-state index in [1.165, 1.54) is 12.8 Å². The van der Waals surface area contributed by atoms with E-state index < -0.39 is 0 Å². The summed E-state index contributed by atoms with van der Waals surface area (Å²) in [6.45, 7) is 0.861. The molecule has 0 aliphatic heterocycles. The highest BCUT2D eigenvalue weighted by molar-refractivity contribution is 7.98. The van der Waals surface area contributed by atoms with Crippen molar-refractivity contribution in [2.75, 3.05) is 12.9 Å². The fourth-order valence-electron chi connectivity index (χ4n) is 1.07. The number of nitrogens with zero attached hydrogens (tertiary/aromatic N) is 1. The van der Waals surface area contributed by atoms with Crippen molar-refractivity contribution < 1.29 is 4.74 Å². The van der Waals surface area contributed by atoms with Crippen LogP contribution < -0.4 is 4.74 Å². The van der Waals surface area contributed by atoms with Crippen LogP contribution in [-0.2, 0) is 0 Å². The van der Waals surface area contributed by atoms with Crippen LogP contribution in [0.1, 0.15) is 12.8 Å². The second-order valence-electron chi connectivity index (χ2n) is 3.29. The summed E-state index contributed by atoms with van der Waals surface area (Å²) in [7, 11) is 0. The zero-order chi connectivity index (χ0) is 9.10. The third-order valence-corrected chi connectivity index (χ3v) is 2.76. The average molecular weight is 195 g/mol. The predicted octanol–water partition coefficient (Wildman–Crippen LogP) is 2.59. The molecule has 0 radical (unpaired) electrons. The minimum absolute atomic E-state index is 0.806. The summed E-state index contributed by atoms with van der Waals surface area (Å²) < 4.78 is 5.56. The van der Waals surface area contributed by atoms with Gasteiger partial charge in [-0.1, -0.05) is 0 Å². The molecule has 1 aliphatic carbocycles. The third-order valence-electron chi connectivity index (χ3n) is 2.10. The zero-order valence-electron chi connectivity index (χ0n) is 7.69. The molecule has 0 saturated heterocycles. The lowest BCUT2D eigenvalue weighted by Gasteiger charge is -2.04. The maximum absolute atomic E-state index is 5.56. The lowest BCUT2D eigenvalue weighted by molar-refractivity contribution is 0.298. The van der Waals surface area contributed by atoms with E-state index in [9.17, 15) is 0 Å². The van der Waals surface area contributed by atoms with Gasteiger partial charge in [-0.2, -0.15) is 0 Å². The molecule has 1 aromatic rings. The van der Waals surface area contributed by atoms with Crippen molar-refractivity contribution in [3.05, 3.63) is 18.3 Å². The Morgan fingerprint density at radius 1 is 1.54 bits per heavy atom. The SMILES string of the molecule is CSc1ccc(OCC2CC2)cn1. The number of thioether (sulfide) groups is 1. The molecule has 2 rings (SSSR count). The summed E-state index contributed by atoms with van der Waals surface area (Å²) in [4.78, 5) is 4.23. The van der Waals surface area contributed by atoms with Gasteiger partial charge in [-0.3, -0.25) is 0 Å². The van der Waals surface area contributed by atoms with Crippen LogP contribution in [0, 0.1) is 5.92 Å². The predicted molar refractivity (Wildman–Crippen MR) is 54.2 cm³/mol. The summed E-state index contributed by atoms with van der Waals surface area (Å²) in [5.41, 5.74) is 0. The van der Waals surface area contributed by atoms with Gasteiger partial charge in [-0.15, -0.1) is 11.8 Å². The Morgan fingerprint density at radius 2 is 2.38 bits per heavy atom. The summed E-state index contributed by atoms with van der Waals surface area (Å²) >= 11 is 1.65. The van der Waals surface area contributed by atoms with Gasteiger partial charge in [0.1, 0.15) is 5.75 Å². The Bertz CT molecular complexity index is 269. The maximum atomic E-state index is 5.56. The molecule has 1 saturated carbocycles. The fourth-order valence-corrected chi connectivity index (χ4v) is 1.43. The second-order valence-corrected chi connectivity index (χ2v) is 4.12. The van der Waals surface area contributed by atoms with Gasteiger partial charge in [0.2, 0.25) is 0 Å². The quantitative estimate of drug-likeness (QED) is 0.689. The van der Waals surface area contributed by atoms with E-state index in [1.807, 2.05) is 18.4 Å². The molecule has 0 spiro atoms. The first-order valence-electron chi connectivity index (χ1n) is 4.51. The molecule has 1 aliphatic rings. The van der Waals surface area contributed by atoms with Crippen LogP contribution in [0.25, 0.3) is 0 Å². The van der Waals surface area contributed by atoms with Crippen LogP contribution in [0.15, 0.2) is 23.4 Å². The second kappa shape index (κ2) is 4.01. The first-order valence-corrected chi connectivity index (χ1v) is 5.74. The van der Waals surface area contributed by atoms with E-state index in [-0.39, 0.29) is 0 Å². The Kier molecular flexibility index (Phi) is 2.74. The normalized spacial score (nSPS) is 15.8. The third kappa shape index (κ3) is 2.62. The van der Waals surface area contributed by atoms with Crippen LogP contribution in [0.4, 0.5) is 0 Å². The van der Waals surface area contributed by atoms with E-state index in [0.29, 0.717) is 0 Å². The molecule has 0 atom stereocenters.